The highest BCUT2D eigenvalue weighted by Crippen LogP contribution is 2.26. The van der Waals surface area contributed by atoms with E-state index in [0.29, 0.717) is 12.2 Å². The quantitative estimate of drug-likeness (QED) is 0.654. The topological polar surface area (TPSA) is 65.2 Å². The van der Waals surface area contributed by atoms with E-state index in [4.69, 9.17) is 0 Å². The molecule has 1 aromatic carbocycles. The molecule has 1 aliphatic heterocycles. The number of amides is 2. The van der Waals surface area contributed by atoms with E-state index >= 15 is 0 Å². The highest BCUT2D eigenvalue weighted by Gasteiger charge is 2.39. The molecule has 3 rings (SSSR count). The van der Waals surface area contributed by atoms with Gasteiger partial charge in [0.05, 0.1) is 18.2 Å². The minimum Gasteiger partial charge on any atom is -0.361 e. The summed E-state index contributed by atoms with van der Waals surface area (Å²) in [6, 6.07) is 7.00. The number of nitrogens with one attached hydrogen (secondary N) is 2. The Kier molecular flexibility index (Phi) is 3.12. The molecular formula is C15H15N3O2. The molecule has 5 nitrogen and oxygen atoms in total. The number of carbonyl (C=O) groups is 2. The van der Waals surface area contributed by atoms with Crippen LogP contribution in [0.2, 0.25) is 0 Å². The number of anilines is 1. The van der Waals surface area contributed by atoms with Crippen molar-refractivity contribution in [1.82, 2.24) is 10.3 Å². The van der Waals surface area contributed by atoms with Crippen molar-refractivity contribution < 1.29 is 9.59 Å². The molecule has 1 aliphatic rings. The summed E-state index contributed by atoms with van der Waals surface area (Å²) in [6.45, 7) is 4.10. The Morgan fingerprint density at radius 1 is 1.40 bits per heavy atom. The lowest BCUT2D eigenvalue weighted by Gasteiger charge is -2.15. The molecule has 2 N–H and O–H groups in total. The minimum absolute atomic E-state index is 0.178. The molecule has 1 aromatic heterocycles. The predicted octanol–water partition coefficient (Wildman–Crippen LogP) is 1.58. The number of H-pyrrole nitrogens is 1. The Morgan fingerprint density at radius 2 is 2.25 bits per heavy atom. The van der Waals surface area contributed by atoms with Crippen molar-refractivity contribution in [2.24, 2.45) is 0 Å². The molecule has 0 saturated carbocycles. The molecular weight excluding hydrogens is 254 g/mol. The van der Waals surface area contributed by atoms with Gasteiger partial charge >= 0.3 is 0 Å². The Labute approximate surface area is 116 Å². The number of imide groups is 1. The van der Waals surface area contributed by atoms with Crippen LogP contribution in [-0.2, 0) is 9.59 Å². The zero-order valence-electron chi connectivity index (χ0n) is 10.9. The first-order valence-corrected chi connectivity index (χ1v) is 6.49. The molecule has 0 spiro atoms. The normalized spacial score (nSPS) is 19.0. The second-order valence-electron chi connectivity index (χ2n) is 4.77. The maximum atomic E-state index is 12.3. The van der Waals surface area contributed by atoms with Gasteiger partial charge in [0.25, 0.3) is 5.91 Å². The molecule has 0 aliphatic carbocycles. The number of nitrogens with zero attached hydrogens (tertiary/aromatic N) is 1. The van der Waals surface area contributed by atoms with E-state index in [0.717, 1.165) is 10.9 Å². The summed E-state index contributed by atoms with van der Waals surface area (Å²) in [5.41, 5.74) is 1.52. The van der Waals surface area contributed by atoms with Crippen LogP contribution in [0.3, 0.4) is 0 Å². The van der Waals surface area contributed by atoms with Crippen LogP contribution >= 0.6 is 0 Å². The summed E-state index contributed by atoms with van der Waals surface area (Å²) < 4.78 is 0. The van der Waals surface area contributed by atoms with Gasteiger partial charge in [-0.05, 0) is 23.6 Å². The molecule has 2 heterocycles. The third-order valence-corrected chi connectivity index (χ3v) is 3.45. The Morgan fingerprint density at radius 3 is 3.05 bits per heavy atom. The first kappa shape index (κ1) is 12.6. The zero-order valence-corrected chi connectivity index (χ0v) is 10.9. The highest BCUT2D eigenvalue weighted by molar-refractivity contribution is 6.22. The van der Waals surface area contributed by atoms with Crippen molar-refractivity contribution in [3.63, 3.8) is 0 Å². The molecule has 1 fully saturated rings. The van der Waals surface area contributed by atoms with Crippen molar-refractivity contribution in [1.29, 1.82) is 0 Å². The van der Waals surface area contributed by atoms with Crippen LogP contribution < -0.4 is 10.2 Å². The van der Waals surface area contributed by atoms with Crippen LogP contribution in [0, 0.1) is 0 Å². The van der Waals surface area contributed by atoms with Gasteiger partial charge in [0.2, 0.25) is 5.91 Å². The lowest BCUT2D eigenvalue weighted by molar-refractivity contribution is -0.121. The van der Waals surface area contributed by atoms with E-state index in [1.54, 1.807) is 12.1 Å². The van der Waals surface area contributed by atoms with E-state index in [2.05, 4.69) is 16.9 Å². The number of aromatic nitrogens is 1. The van der Waals surface area contributed by atoms with Crippen LogP contribution in [-0.4, -0.2) is 29.4 Å². The predicted molar refractivity (Wildman–Crippen MR) is 77.4 cm³/mol. The van der Waals surface area contributed by atoms with Gasteiger partial charge < -0.3 is 10.3 Å². The van der Waals surface area contributed by atoms with Gasteiger partial charge in [-0.15, -0.1) is 6.58 Å². The van der Waals surface area contributed by atoms with E-state index in [9.17, 15) is 9.59 Å². The van der Waals surface area contributed by atoms with Crippen LogP contribution in [0.1, 0.15) is 6.42 Å². The fourth-order valence-corrected chi connectivity index (χ4v) is 2.46. The van der Waals surface area contributed by atoms with E-state index in [-0.39, 0.29) is 18.2 Å². The van der Waals surface area contributed by atoms with E-state index in [1.165, 1.54) is 4.90 Å². The Balaban J connectivity index is 1.90. The Bertz CT molecular complexity index is 689. The van der Waals surface area contributed by atoms with Crippen molar-refractivity contribution in [2.45, 2.75) is 12.5 Å². The number of rotatable bonds is 4. The van der Waals surface area contributed by atoms with Gasteiger partial charge in [-0.1, -0.05) is 12.1 Å². The molecule has 2 aromatic rings. The van der Waals surface area contributed by atoms with Gasteiger partial charge in [-0.2, -0.15) is 0 Å². The smallest absolute Gasteiger partial charge is 0.251 e. The summed E-state index contributed by atoms with van der Waals surface area (Å²) >= 11 is 0. The average molecular weight is 269 g/mol. The van der Waals surface area contributed by atoms with Gasteiger partial charge in [-0.3, -0.25) is 9.59 Å². The number of benzene rings is 1. The van der Waals surface area contributed by atoms with Crippen molar-refractivity contribution >= 4 is 28.4 Å². The van der Waals surface area contributed by atoms with Crippen molar-refractivity contribution in [2.75, 3.05) is 11.4 Å². The molecule has 5 heteroatoms. The largest absolute Gasteiger partial charge is 0.361 e. The van der Waals surface area contributed by atoms with Crippen LogP contribution in [0.4, 0.5) is 5.69 Å². The maximum absolute atomic E-state index is 12.3. The lowest BCUT2D eigenvalue weighted by atomic mass is 10.2. The van der Waals surface area contributed by atoms with Crippen LogP contribution in [0.15, 0.2) is 43.1 Å². The molecule has 2 amide bonds. The number of aromatic amines is 1. The summed E-state index contributed by atoms with van der Waals surface area (Å²) in [7, 11) is 0. The summed E-state index contributed by atoms with van der Waals surface area (Å²) in [6.07, 6.45) is 3.69. The van der Waals surface area contributed by atoms with Crippen molar-refractivity contribution in [3.8, 4) is 0 Å². The zero-order chi connectivity index (χ0) is 14.1. The number of carbonyl (C=O) groups excluding carboxylic acids is 2. The molecule has 0 radical (unpaired) electrons. The first-order valence-electron chi connectivity index (χ1n) is 6.49. The standard InChI is InChI=1S/C15H15N3O2/c1-2-6-16-13-9-14(19)18(15(13)20)11-4-3-10-5-7-17-12(10)8-11/h2-5,7-8,13,16-17H,1,6,9H2. The number of hydrogen-bond donors (Lipinski definition) is 2. The molecule has 1 unspecified atom stereocenters. The Hall–Kier alpha value is -2.40. The summed E-state index contributed by atoms with van der Waals surface area (Å²) in [5.74, 6) is -0.384. The monoisotopic (exact) mass is 269 g/mol. The second-order valence-corrected chi connectivity index (χ2v) is 4.77. The van der Waals surface area contributed by atoms with Gasteiger partial charge in [0, 0.05) is 18.3 Å². The third kappa shape index (κ3) is 2.02. The number of fused-ring (bicyclic) bond motifs is 1. The second kappa shape index (κ2) is 4.94. The van der Waals surface area contributed by atoms with Gasteiger partial charge in [0.1, 0.15) is 0 Å². The molecule has 102 valence electrons. The van der Waals surface area contributed by atoms with Crippen LogP contribution in [0.5, 0.6) is 0 Å². The molecule has 1 saturated heterocycles. The SMILES string of the molecule is C=CCNC1CC(=O)N(c2ccc3cc[nH]c3c2)C1=O. The fraction of sp³-hybridized carbons (Fsp3) is 0.200. The maximum Gasteiger partial charge on any atom is 0.251 e. The van der Waals surface area contributed by atoms with Gasteiger partial charge in [0.15, 0.2) is 0 Å². The highest BCUT2D eigenvalue weighted by atomic mass is 16.2. The van der Waals surface area contributed by atoms with E-state index in [1.807, 2.05) is 24.4 Å². The molecule has 1 atom stereocenters. The molecule has 0 bridgehead atoms. The van der Waals surface area contributed by atoms with Crippen LogP contribution in [0.25, 0.3) is 10.9 Å². The molecule has 20 heavy (non-hydrogen) atoms. The third-order valence-electron chi connectivity index (χ3n) is 3.45. The first-order chi connectivity index (χ1) is 9.70. The summed E-state index contributed by atoms with van der Waals surface area (Å²) in [4.78, 5) is 28.7. The minimum atomic E-state index is -0.458. The van der Waals surface area contributed by atoms with Crippen molar-refractivity contribution in [3.05, 3.63) is 43.1 Å². The number of hydrogen-bond acceptors (Lipinski definition) is 3. The summed E-state index contributed by atoms with van der Waals surface area (Å²) in [5, 5.41) is 4.06. The lowest BCUT2D eigenvalue weighted by Crippen LogP contribution is -2.38. The fourth-order valence-electron chi connectivity index (χ4n) is 2.46. The average Bonchev–Trinajstić information content (AvgIpc) is 3.00. The van der Waals surface area contributed by atoms with E-state index < -0.39 is 6.04 Å². The van der Waals surface area contributed by atoms with Gasteiger partial charge in [-0.25, -0.2) is 4.90 Å².